The van der Waals surface area contributed by atoms with E-state index < -0.39 is 0 Å². The average Bonchev–Trinajstić information content (AvgIpc) is 2.42. The number of rotatable bonds is 4. The van der Waals surface area contributed by atoms with Gasteiger partial charge >= 0.3 is 0 Å². The van der Waals surface area contributed by atoms with Crippen LogP contribution in [0.2, 0.25) is 0 Å². The molecule has 2 aromatic rings. The summed E-state index contributed by atoms with van der Waals surface area (Å²) in [7, 11) is 0. The molecule has 0 spiro atoms. The molecule has 0 heterocycles. The van der Waals surface area contributed by atoms with E-state index in [9.17, 15) is 5.11 Å². The van der Waals surface area contributed by atoms with E-state index in [1.165, 1.54) is 16.7 Å². The summed E-state index contributed by atoms with van der Waals surface area (Å²) >= 11 is 0. The topological polar surface area (TPSA) is 20.2 Å². The van der Waals surface area contributed by atoms with Crippen LogP contribution in [0.5, 0.6) is 0 Å². The number of aliphatic hydroxyl groups excluding tert-OH is 1. The Labute approximate surface area is 103 Å². The highest BCUT2D eigenvalue weighted by Crippen LogP contribution is 2.24. The second-order valence-corrected chi connectivity index (χ2v) is 4.24. The van der Waals surface area contributed by atoms with Crippen LogP contribution in [-0.2, 0) is 6.42 Å². The molecule has 0 aliphatic rings. The summed E-state index contributed by atoms with van der Waals surface area (Å²) in [5.41, 5.74) is 3.67. The highest BCUT2D eigenvalue weighted by atomic mass is 16.3. The molecule has 0 aliphatic carbocycles. The maximum absolute atomic E-state index is 9.56. The third-order valence-electron chi connectivity index (χ3n) is 3.17. The normalized spacial score (nSPS) is 12.4. The Balaban J connectivity index is 2.29. The zero-order valence-electron chi connectivity index (χ0n) is 10.1. The maximum atomic E-state index is 9.56. The number of benzene rings is 2. The summed E-state index contributed by atoms with van der Waals surface area (Å²) in [4.78, 5) is 0. The van der Waals surface area contributed by atoms with Crippen LogP contribution >= 0.6 is 0 Å². The molecule has 1 atom stereocenters. The molecule has 0 amide bonds. The number of aryl methyl sites for hydroxylation is 1. The Morgan fingerprint density at radius 1 is 0.882 bits per heavy atom. The minimum atomic E-state index is 0.0853. The number of hydrogen-bond donors (Lipinski definition) is 1. The molecule has 0 radical (unpaired) electrons. The standard InChI is InChI=1S/C16H18O/c1-2-13-8-10-15(11-9-13)16(12-17)14-6-4-3-5-7-14/h3-11,16-17H,2,12H2,1H3. The van der Waals surface area contributed by atoms with Gasteiger partial charge in [-0.2, -0.15) is 0 Å². The van der Waals surface area contributed by atoms with Crippen molar-refractivity contribution in [3.63, 3.8) is 0 Å². The fourth-order valence-corrected chi connectivity index (χ4v) is 2.07. The van der Waals surface area contributed by atoms with E-state index in [1.54, 1.807) is 0 Å². The summed E-state index contributed by atoms with van der Waals surface area (Å²) < 4.78 is 0. The summed E-state index contributed by atoms with van der Waals surface area (Å²) in [5.74, 6) is 0.0853. The van der Waals surface area contributed by atoms with Crippen LogP contribution in [-0.4, -0.2) is 11.7 Å². The van der Waals surface area contributed by atoms with Gasteiger partial charge in [0.25, 0.3) is 0 Å². The van der Waals surface area contributed by atoms with Crippen molar-refractivity contribution in [1.29, 1.82) is 0 Å². The van der Waals surface area contributed by atoms with Gasteiger partial charge in [-0.3, -0.25) is 0 Å². The third kappa shape index (κ3) is 2.75. The van der Waals surface area contributed by atoms with Gasteiger partial charge < -0.3 is 5.11 Å². The van der Waals surface area contributed by atoms with Crippen LogP contribution in [0.1, 0.15) is 29.5 Å². The van der Waals surface area contributed by atoms with Crippen molar-refractivity contribution >= 4 is 0 Å². The summed E-state index contributed by atoms with van der Waals surface area (Å²) in [6.45, 7) is 2.30. The SMILES string of the molecule is CCc1ccc(C(CO)c2ccccc2)cc1. The van der Waals surface area contributed by atoms with Gasteiger partial charge in [0.2, 0.25) is 0 Å². The lowest BCUT2D eigenvalue weighted by atomic mass is 9.91. The summed E-state index contributed by atoms with van der Waals surface area (Å²) in [5, 5.41) is 9.56. The van der Waals surface area contributed by atoms with Crippen LogP contribution in [0, 0.1) is 0 Å². The van der Waals surface area contributed by atoms with Crippen molar-refractivity contribution in [3.8, 4) is 0 Å². The van der Waals surface area contributed by atoms with Gasteiger partial charge in [-0.15, -0.1) is 0 Å². The van der Waals surface area contributed by atoms with E-state index in [4.69, 9.17) is 0 Å². The molecule has 2 aromatic carbocycles. The zero-order valence-corrected chi connectivity index (χ0v) is 10.1. The Hall–Kier alpha value is -1.60. The minimum Gasteiger partial charge on any atom is -0.395 e. The van der Waals surface area contributed by atoms with Crippen molar-refractivity contribution in [2.24, 2.45) is 0 Å². The molecule has 1 unspecified atom stereocenters. The highest BCUT2D eigenvalue weighted by molar-refractivity contribution is 5.34. The van der Waals surface area contributed by atoms with Crippen LogP contribution in [0.15, 0.2) is 54.6 Å². The first kappa shape index (κ1) is 11.9. The largest absolute Gasteiger partial charge is 0.395 e. The first-order chi connectivity index (χ1) is 8.35. The third-order valence-corrected chi connectivity index (χ3v) is 3.17. The van der Waals surface area contributed by atoms with E-state index in [0.29, 0.717) is 0 Å². The number of hydrogen-bond acceptors (Lipinski definition) is 1. The minimum absolute atomic E-state index is 0.0853. The monoisotopic (exact) mass is 226 g/mol. The molecule has 0 saturated carbocycles. The highest BCUT2D eigenvalue weighted by Gasteiger charge is 2.12. The van der Waals surface area contributed by atoms with Gasteiger partial charge in [-0.1, -0.05) is 61.5 Å². The molecule has 0 bridgehead atoms. The quantitative estimate of drug-likeness (QED) is 0.847. The van der Waals surface area contributed by atoms with E-state index in [2.05, 4.69) is 43.3 Å². The molecule has 1 heteroatoms. The van der Waals surface area contributed by atoms with Crippen molar-refractivity contribution < 1.29 is 5.11 Å². The van der Waals surface area contributed by atoms with Gasteiger partial charge in [0, 0.05) is 5.92 Å². The van der Waals surface area contributed by atoms with Crippen LogP contribution in [0.3, 0.4) is 0 Å². The van der Waals surface area contributed by atoms with Crippen LogP contribution in [0.4, 0.5) is 0 Å². The van der Waals surface area contributed by atoms with Gasteiger partial charge in [-0.25, -0.2) is 0 Å². The number of aliphatic hydroxyl groups is 1. The smallest absolute Gasteiger partial charge is 0.0540 e. The van der Waals surface area contributed by atoms with E-state index in [-0.39, 0.29) is 12.5 Å². The molecule has 2 rings (SSSR count). The first-order valence-corrected chi connectivity index (χ1v) is 6.09. The van der Waals surface area contributed by atoms with Crippen LogP contribution in [0.25, 0.3) is 0 Å². The van der Waals surface area contributed by atoms with Crippen molar-refractivity contribution in [3.05, 3.63) is 71.3 Å². The fraction of sp³-hybridized carbons (Fsp3) is 0.250. The van der Waals surface area contributed by atoms with Gasteiger partial charge in [0.15, 0.2) is 0 Å². The molecular formula is C16H18O. The lowest BCUT2D eigenvalue weighted by Crippen LogP contribution is -2.05. The lowest BCUT2D eigenvalue weighted by Gasteiger charge is -2.15. The Morgan fingerprint density at radius 3 is 2.00 bits per heavy atom. The van der Waals surface area contributed by atoms with E-state index in [0.717, 1.165) is 6.42 Å². The lowest BCUT2D eigenvalue weighted by molar-refractivity contribution is 0.280. The second kappa shape index (κ2) is 5.65. The Morgan fingerprint density at radius 2 is 1.47 bits per heavy atom. The van der Waals surface area contributed by atoms with Crippen molar-refractivity contribution in [1.82, 2.24) is 0 Å². The molecule has 1 nitrogen and oxygen atoms in total. The first-order valence-electron chi connectivity index (χ1n) is 6.09. The van der Waals surface area contributed by atoms with E-state index >= 15 is 0 Å². The zero-order chi connectivity index (χ0) is 12.1. The molecular weight excluding hydrogens is 208 g/mol. The van der Waals surface area contributed by atoms with Crippen molar-refractivity contribution in [2.45, 2.75) is 19.3 Å². The predicted molar refractivity (Wildman–Crippen MR) is 71.2 cm³/mol. The second-order valence-electron chi connectivity index (χ2n) is 4.24. The fourth-order valence-electron chi connectivity index (χ4n) is 2.07. The Kier molecular flexibility index (Phi) is 3.94. The van der Waals surface area contributed by atoms with Crippen molar-refractivity contribution in [2.75, 3.05) is 6.61 Å². The molecule has 1 N–H and O–H groups in total. The van der Waals surface area contributed by atoms with Crippen LogP contribution < -0.4 is 0 Å². The molecule has 0 saturated heterocycles. The molecule has 88 valence electrons. The molecule has 0 aromatic heterocycles. The van der Waals surface area contributed by atoms with Gasteiger partial charge in [0.1, 0.15) is 0 Å². The van der Waals surface area contributed by atoms with Gasteiger partial charge in [-0.05, 0) is 23.1 Å². The molecule has 17 heavy (non-hydrogen) atoms. The molecule has 0 aliphatic heterocycles. The van der Waals surface area contributed by atoms with E-state index in [1.807, 2.05) is 18.2 Å². The summed E-state index contributed by atoms with van der Waals surface area (Å²) in [6.07, 6.45) is 1.05. The maximum Gasteiger partial charge on any atom is 0.0540 e. The molecule has 0 fully saturated rings. The summed E-state index contributed by atoms with van der Waals surface area (Å²) in [6, 6.07) is 18.7. The van der Waals surface area contributed by atoms with Gasteiger partial charge in [0.05, 0.1) is 6.61 Å². The average molecular weight is 226 g/mol. The predicted octanol–water partition coefficient (Wildman–Crippen LogP) is 3.37. The Bertz CT molecular complexity index is 445.